The number of nitrogens with zero attached hydrogens (tertiary/aromatic N) is 2. The molecule has 0 atom stereocenters. The van der Waals surface area contributed by atoms with E-state index in [1.807, 2.05) is 12.1 Å². The van der Waals surface area contributed by atoms with Crippen LogP contribution in [0.2, 0.25) is 0 Å². The monoisotopic (exact) mass is 512 g/mol. The average molecular weight is 512 g/mol. The summed E-state index contributed by atoms with van der Waals surface area (Å²) in [6.07, 6.45) is 4.45. The minimum Gasteiger partial charge on any atom is -0.496 e. The van der Waals surface area contributed by atoms with Gasteiger partial charge < -0.3 is 19.9 Å². The lowest BCUT2D eigenvalue weighted by Gasteiger charge is -2.20. The first kappa shape index (κ1) is 23.5. The second-order valence-electron chi connectivity index (χ2n) is 7.49. The number of hydrogen-bond donors (Lipinski definition) is 2. The van der Waals surface area contributed by atoms with Gasteiger partial charge in [-0.05, 0) is 31.7 Å². The fourth-order valence-corrected chi connectivity index (χ4v) is 3.73. The molecule has 0 aliphatic heterocycles. The molecular weight excluding hydrogens is 479 g/mol. The van der Waals surface area contributed by atoms with Gasteiger partial charge in [-0.2, -0.15) is 0 Å². The van der Waals surface area contributed by atoms with Gasteiger partial charge >= 0.3 is 0 Å². The van der Waals surface area contributed by atoms with Gasteiger partial charge in [-0.1, -0.05) is 37.2 Å². The molecule has 1 fully saturated rings. The maximum Gasteiger partial charge on any atom is 0.191 e. The molecule has 1 heterocycles. The zero-order valence-electron chi connectivity index (χ0n) is 17.8. The Morgan fingerprint density at radius 2 is 1.97 bits per heavy atom. The Bertz CT molecular complexity index is 798. The molecule has 1 aliphatic rings. The third-order valence-electron chi connectivity index (χ3n) is 5.76. The molecule has 0 unspecified atom stereocenters. The minimum atomic E-state index is 0. The van der Waals surface area contributed by atoms with E-state index in [1.165, 1.54) is 5.56 Å². The van der Waals surface area contributed by atoms with Crippen molar-refractivity contribution in [3.8, 4) is 5.75 Å². The molecule has 160 valence electrons. The number of ether oxygens (including phenoxy) is 1. The van der Waals surface area contributed by atoms with Crippen molar-refractivity contribution in [3.63, 3.8) is 0 Å². The summed E-state index contributed by atoms with van der Waals surface area (Å²) < 4.78 is 11.0. The first-order valence-corrected chi connectivity index (χ1v) is 10.2. The summed E-state index contributed by atoms with van der Waals surface area (Å²) >= 11 is 0. The van der Waals surface area contributed by atoms with Crippen LogP contribution in [0.15, 0.2) is 39.8 Å². The van der Waals surface area contributed by atoms with Crippen LogP contribution in [-0.2, 0) is 12.0 Å². The first-order chi connectivity index (χ1) is 13.7. The normalized spacial score (nSPS) is 15.0. The molecule has 2 N–H and O–H groups in total. The molecule has 0 bridgehead atoms. The average Bonchev–Trinajstić information content (AvgIpc) is 3.39. The van der Waals surface area contributed by atoms with E-state index < -0.39 is 0 Å². The van der Waals surface area contributed by atoms with Crippen molar-refractivity contribution in [2.75, 3.05) is 20.7 Å². The highest BCUT2D eigenvalue weighted by atomic mass is 127. The number of methoxy groups -OCH3 is 1. The van der Waals surface area contributed by atoms with Crippen LogP contribution >= 0.6 is 24.0 Å². The van der Waals surface area contributed by atoms with Crippen molar-refractivity contribution in [2.45, 2.75) is 57.4 Å². The standard InChI is InChI=1S/C22H32N4O2.HI/c1-5-16(6-2)19-13-17(28-26-19)14-24-21(23-3)25-15-22(11-12-22)18-9-7-8-10-20(18)27-4;/h7-10,13,16H,5-6,11-12,14-15H2,1-4H3,(H2,23,24,25);1H. The lowest BCUT2D eigenvalue weighted by Crippen LogP contribution is -2.40. The molecule has 0 amide bonds. The van der Waals surface area contributed by atoms with Crippen LogP contribution in [0, 0.1) is 0 Å². The van der Waals surface area contributed by atoms with Crippen molar-refractivity contribution < 1.29 is 9.26 Å². The van der Waals surface area contributed by atoms with Crippen LogP contribution in [0.1, 0.15) is 62.5 Å². The summed E-state index contributed by atoms with van der Waals surface area (Å²) in [6, 6.07) is 10.3. The molecule has 0 spiro atoms. The second kappa shape index (κ2) is 10.8. The van der Waals surface area contributed by atoms with E-state index in [0.717, 1.165) is 55.4 Å². The van der Waals surface area contributed by atoms with Gasteiger partial charge in [-0.25, -0.2) is 0 Å². The van der Waals surface area contributed by atoms with Crippen molar-refractivity contribution in [1.29, 1.82) is 0 Å². The van der Waals surface area contributed by atoms with Crippen molar-refractivity contribution in [2.24, 2.45) is 4.99 Å². The first-order valence-electron chi connectivity index (χ1n) is 10.2. The third-order valence-corrected chi connectivity index (χ3v) is 5.76. The molecule has 1 aromatic carbocycles. The van der Waals surface area contributed by atoms with Gasteiger partial charge in [0.25, 0.3) is 0 Å². The Labute approximate surface area is 190 Å². The molecule has 1 aliphatic carbocycles. The highest BCUT2D eigenvalue weighted by molar-refractivity contribution is 14.0. The Balaban J connectivity index is 0.00000300. The fraction of sp³-hybridized carbons (Fsp3) is 0.545. The zero-order chi connectivity index (χ0) is 20.0. The number of hydrogen-bond acceptors (Lipinski definition) is 4. The molecule has 1 saturated carbocycles. The lowest BCUT2D eigenvalue weighted by molar-refractivity contribution is 0.368. The molecule has 1 aromatic heterocycles. The summed E-state index contributed by atoms with van der Waals surface area (Å²) in [5, 5.41) is 11.0. The molecule has 0 radical (unpaired) electrons. The molecular formula is C22H33IN4O2. The summed E-state index contributed by atoms with van der Waals surface area (Å²) in [7, 11) is 3.52. The molecule has 2 aromatic rings. The van der Waals surface area contributed by atoms with Gasteiger partial charge in [0.15, 0.2) is 11.7 Å². The fourth-order valence-electron chi connectivity index (χ4n) is 3.73. The van der Waals surface area contributed by atoms with Crippen LogP contribution in [0.4, 0.5) is 0 Å². The third kappa shape index (κ3) is 5.65. The van der Waals surface area contributed by atoms with E-state index in [1.54, 1.807) is 14.2 Å². The van der Waals surface area contributed by atoms with E-state index in [0.29, 0.717) is 12.5 Å². The van der Waals surface area contributed by atoms with Gasteiger partial charge in [-0.3, -0.25) is 4.99 Å². The van der Waals surface area contributed by atoms with Crippen LogP contribution < -0.4 is 15.4 Å². The molecule has 29 heavy (non-hydrogen) atoms. The second-order valence-corrected chi connectivity index (χ2v) is 7.49. The summed E-state index contributed by atoms with van der Waals surface area (Å²) in [6.45, 7) is 5.75. The molecule has 6 nitrogen and oxygen atoms in total. The maximum absolute atomic E-state index is 5.56. The minimum absolute atomic E-state index is 0. The number of aromatic nitrogens is 1. The summed E-state index contributed by atoms with van der Waals surface area (Å²) in [4.78, 5) is 4.35. The smallest absolute Gasteiger partial charge is 0.191 e. The predicted molar refractivity (Wildman–Crippen MR) is 127 cm³/mol. The van der Waals surface area contributed by atoms with Gasteiger partial charge in [0.2, 0.25) is 0 Å². The lowest BCUT2D eigenvalue weighted by atomic mass is 9.95. The number of halogens is 1. The van der Waals surface area contributed by atoms with E-state index in [4.69, 9.17) is 9.26 Å². The highest BCUT2D eigenvalue weighted by Gasteiger charge is 2.46. The zero-order valence-corrected chi connectivity index (χ0v) is 20.2. The van der Waals surface area contributed by atoms with E-state index >= 15 is 0 Å². The summed E-state index contributed by atoms with van der Waals surface area (Å²) in [5.74, 6) is 3.02. The van der Waals surface area contributed by atoms with E-state index in [-0.39, 0.29) is 29.4 Å². The maximum atomic E-state index is 5.56. The number of guanidine groups is 1. The number of para-hydroxylation sites is 1. The van der Waals surface area contributed by atoms with Gasteiger partial charge in [0.1, 0.15) is 5.75 Å². The number of nitrogens with one attached hydrogen (secondary N) is 2. The number of rotatable bonds is 9. The summed E-state index contributed by atoms with van der Waals surface area (Å²) in [5.41, 5.74) is 2.43. The Morgan fingerprint density at radius 1 is 1.24 bits per heavy atom. The number of benzene rings is 1. The Kier molecular flexibility index (Phi) is 8.79. The van der Waals surface area contributed by atoms with Crippen LogP contribution in [0.3, 0.4) is 0 Å². The van der Waals surface area contributed by atoms with Crippen molar-refractivity contribution in [1.82, 2.24) is 15.8 Å². The highest BCUT2D eigenvalue weighted by Crippen LogP contribution is 2.50. The van der Waals surface area contributed by atoms with Crippen LogP contribution in [-0.4, -0.2) is 31.8 Å². The van der Waals surface area contributed by atoms with Gasteiger partial charge in [0, 0.05) is 36.6 Å². The van der Waals surface area contributed by atoms with E-state index in [9.17, 15) is 0 Å². The Morgan fingerprint density at radius 3 is 2.59 bits per heavy atom. The molecule has 7 heteroatoms. The van der Waals surface area contributed by atoms with Gasteiger partial charge in [-0.15, -0.1) is 24.0 Å². The number of aliphatic imine (C=N–C) groups is 1. The van der Waals surface area contributed by atoms with Crippen LogP contribution in [0.5, 0.6) is 5.75 Å². The van der Waals surface area contributed by atoms with E-state index in [2.05, 4.69) is 52.8 Å². The van der Waals surface area contributed by atoms with Crippen molar-refractivity contribution in [3.05, 3.63) is 47.3 Å². The van der Waals surface area contributed by atoms with Crippen LogP contribution in [0.25, 0.3) is 0 Å². The molecule has 0 saturated heterocycles. The SMILES string of the molecule is CCC(CC)c1cc(CNC(=NC)NCC2(c3ccccc3OC)CC2)on1.I. The topological polar surface area (TPSA) is 71.7 Å². The predicted octanol–water partition coefficient (Wildman–Crippen LogP) is 4.60. The van der Waals surface area contributed by atoms with Crippen molar-refractivity contribution >= 4 is 29.9 Å². The quantitative estimate of drug-likeness (QED) is 0.292. The molecule has 3 rings (SSSR count). The van der Waals surface area contributed by atoms with Gasteiger partial charge in [0.05, 0.1) is 19.3 Å². The largest absolute Gasteiger partial charge is 0.496 e. The Hall–Kier alpha value is -1.77.